The predicted octanol–water partition coefficient (Wildman–Crippen LogP) is 3.22. The first-order valence-corrected chi connectivity index (χ1v) is 9.15. The molecule has 0 bridgehead atoms. The van der Waals surface area contributed by atoms with E-state index in [9.17, 15) is 0 Å². The van der Waals surface area contributed by atoms with Gasteiger partial charge in [-0.25, -0.2) is 4.99 Å². The van der Waals surface area contributed by atoms with Crippen molar-refractivity contribution in [1.82, 2.24) is 10.6 Å². The van der Waals surface area contributed by atoms with E-state index in [4.69, 9.17) is 14.5 Å². The van der Waals surface area contributed by atoms with Crippen LogP contribution in [0.5, 0.6) is 0 Å². The van der Waals surface area contributed by atoms with Crippen molar-refractivity contribution < 1.29 is 9.47 Å². The molecule has 25 heavy (non-hydrogen) atoms. The summed E-state index contributed by atoms with van der Waals surface area (Å²) in [7, 11) is 0. The minimum Gasteiger partial charge on any atom is -0.381 e. The zero-order valence-corrected chi connectivity index (χ0v) is 17.3. The third kappa shape index (κ3) is 7.50. The maximum absolute atomic E-state index is 6.01. The van der Waals surface area contributed by atoms with Crippen LogP contribution in [0, 0.1) is 0 Å². The standard InChI is InChI=1S/C19H29N3O2.HI/c1-2-20-19(22-17-6-7-17)21-13-15-4-3-5-16(12-15)14-24-18-8-10-23-11-9-18;/h3-5,12,17-18H,2,6-11,13-14H2,1H3,(H2,20,21,22);1H. The van der Waals surface area contributed by atoms with Gasteiger partial charge in [-0.2, -0.15) is 0 Å². The monoisotopic (exact) mass is 459 g/mol. The molecule has 2 N–H and O–H groups in total. The van der Waals surface area contributed by atoms with Gasteiger partial charge in [-0.1, -0.05) is 24.3 Å². The van der Waals surface area contributed by atoms with Crippen LogP contribution < -0.4 is 10.6 Å². The summed E-state index contributed by atoms with van der Waals surface area (Å²) in [5.74, 6) is 0.920. The van der Waals surface area contributed by atoms with Gasteiger partial charge in [-0.05, 0) is 43.7 Å². The summed E-state index contributed by atoms with van der Waals surface area (Å²) in [4.78, 5) is 4.69. The Morgan fingerprint density at radius 1 is 1.20 bits per heavy atom. The number of hydrogen-bond donors (Lipinski definition) is 2. The van der Waals surface area contributed by atoms with Crippen molar-refractivity contribution >= 4 is 29.9 Å². The van der Waals surface area contributed by atoms with Crippen LogP contribution in [0.3, 0.4) is 0 Å². The Kier molecular flexibility index (Phi) is 8.98. The zero-order valence-electron chi connectivity index (χ0n) is 15.0. The van der Waals surface area contributed by atoms with Crippen LogP contribution in [0.1, 0.15) is 43.7 Å². The normalized spacial score (nSPS) is 18.5. The molecule has 0 amide bonds. The number of ether oxygens (including phenoxy) is 2. The molecule has 0 spiro atoms. The van der Waals surface area contributed by atoms with Crippen LogP contribution in [-0.4, -0.2) is 37.9 Å². The largest absolute Gasteiger partial charge is 0.381 e. The van der Waals surface area contributed by atoms with Gasteiger partial charge in [0, 0.05) is 25.8 Å². The number of halogens is 1. The topological polar surface area (TPSA) is 54.9 Å². The quantitative estimate of drug-likeness (QED) is 0.374. The summed E-state index contributed by atoms with van der Waals surface area (Å²) in [5.41, 5.74) is 2.44. The average molecular weight is 459 g/mol. The highest BCUT2D eigenvalue weighted by atomic mass is 127. The first-order valence-electron chi connectivity index (χ1n) is 9.15. The van der Waals surface area contributed by atoms with Gasteiger partial charge in [-0.3, -0.25) is 0 Å². The maximum atomic E-state index is 6.01. The molecular weight excluding hydrogens is 429 g/mol. The molecule has 2 fully saturated rings. The van der Waals surface area contributed by atoms with Crippen LogP contribution in [0.25, 0.3) is 0 Å². The molecule has 1 heterocycles. The van der Waals surface area contributed by atoms with Crippen molar-refractivity contribution in [2.24, 2.45) is 4.99 Å². The lowest BCUT2D eigenvalue weighted by molar-refractivity contribution is -0.0390. The molecule has 1 saturated heterocycles. The molecular formula is C19H30IN3O2. The molecule has 1 aliphatic carbocycles. The number of aliphatic imine (C=N–C) groups is 1. The SMILES string of the molecule is CCNC(=NCc1cccc(COC2CCOCC2)c1)NC1CC1.I. The van der Waals surface area contributed by atoms with E-state index in [1.165, 1.54) is 24.0 Å². The van der Waals surface area contributed by atoms with Gasteiger partial charge in [0.1, 0.15) is 0 Å². The second-order valence-electron chi connectivity index (χ2n) is 6.56. The summed E-state index contributed by atoms with van der Waals surface area (Å²) in [5, 5.41) is 6.76. The van der Waals surface area contributed by atoms with Crippen LogP contribution in [-0.2, 0) is 22.6 Å². The van der Waals surface area contributed by atoms with Crippen molar-refractivity contribution in [3.8, 4) is 0 Å². The third-order valence-electron chi connectivity index (χ3n) is 4.33. The predicted molar refractivity (Wildman–Crippen MR) is 111 cm³/mol. The molecule has 0 aromatic heterocycles. The maximum Gasteiger partial charge on any atom is 0.191 e. The molecule has 1 saturated carbocycles. The Labute approximate surface area is 168 Å². The minimum absolute atomic E-state index is 0. The lowest BCUT2D eigenvalue weighted by Crippen LogP contribution is -2.38. The van der Waals surface area contributed by atoms with Crippen LogP contribution in [0.15, 0.2) is 29.3 Å². The lowest BCUT2D eigenvalue weighted by atomic mass is 10.1. The van der Waals surface area contributed by atoms with Gasteiger partial charge in [0.2, 0.25) is 0 Å². The van der Waals surface area contributed by atoms with E-state index in [-0.39, 0.29) is 24.0 Å². The molecule has 0 radical (unpaired) electrons. The molecule has 2 aliphatic rings. The molecule has 6 heteroatoms. The minimum atomic E-state index is 0. The first kappa shape index (κ1) is 20.5. The van der Waals surface area contributed by atoms with Crippen LogP contribution >= 0.6 is 24.0 Å². The van der Waals surface area contributed by atoms with Crippen molar-refractivity contribution in [3.05, 3.63) is 35.4 Å². The molecule has 1 aromatic rings. The van der Waals surface area contributed by atoms with E-state index in [1.807, 2.05) is 0 Å². The van der Waals surface area contributed by atoms with Gasteiger partial charge >= 0.3 is 0 Å². The summed E-state index contributed by atoms with van der Waals surface area (Å²) in [6, 6.07) is 9.16. The molecule has 1 aliphatic heterocycles. The molecule has 3 rings (SSSR count). The summed E-state index contributed by atoms with van der Waals surface area (Å²) in [6.07, 6.45) is 4.85. The van der Waals surface area contributed by atoms with E-state index in [0.29, 0.717) is 25.3 Å². The molecule has 5 nitrogen and oxygen atoms in total. The number of nitrogens with one attached hydrogen (secondary N) is 2. The van der Waals surface area contributed by atoms with E-state index in [1.54, 1.807) is 0 Å². The number of hydrogen-bond acceptors (Lipinski definition) is 3. The summed E-state index contributed by atoms with van der Waals surface area (Å²) in [6.45, 7) is 5.98. The van der Waals surface area contributed by atoms with E-state index >= 15 is 0 Å². The molecule has 140 valence electrons. The van der Waals surface area contributed by atoms with Gasteiger partial charge in [-0.15, -0.1) is 24.0 Å². The average Bonchev–Trinajstić information content (AvgIpc) is 3.43. The number of guanidine groups is 1. The molecule has 0 unspecified atom stereocenters. The number of rotatable bonds is 7. The van der Waals surface area contributed by atoms with E-state index in [2.05, 4.69) is 41.8 Å². The Morgan fingerprint density at radius 2 is 1.96 bits per heavy atom. The van der Waals surface area contributed by atoms with Gasteiger partial charge in [0.25, 0.3) is 0 Å². The van der Waals surface area contributed by atoms with Crippen molar-refractivity contribution in [1.29, 1.82) is 0 Å². The highest BCUT2D eigenvalue weighted by molar-refractivity contribution is 14.0. The Hall–Kier alpha value is -0.860. The van der Waals surface area contributed by atoms with Crippen molar-refractivity contribution in [3.63, 3.8) is 0 Å². The summed E-state index contributed by atoms with van der Waals surface area (Å²) < 4.78 is 11.4. The summed E-state index contributed by atoms with van der Waals surface area (Å²) >= 11 is 0. The second kappa shape index (κ2) is 11.0. The smallest absolute Gasteiger partial charge is 0.191 e. The lowest BCUT2D eigenvalue weighted by Gasteiger charge is -2.22. The Morgan fingerprint density at radius 3 is 2.68 bits per heavy atom. The van der Waals surface area contributed by atoms with Gasteiger partial charge < -0.3 is 20.1 Å². The fourth-order valence-electron chi connectivity index (χ4n) is 2.79. The van der Waals surface area contributed by atoms with E-state index in [0.717, 1.165) is 38.6 Å². The number of benzene rings is 1. The van der Waals surface area contributed by atoms with Crippen molar-refractivity contribution in [2.45, 2.75) is 57.9 Å². The van der Waals surface area contributed by atoms with Crippen LogP contribution in [0.4, 0.5) is 0 Å². The fraction of sp³-hybridized carbons (Fsp3) is 0.632. The molecule has 1 aromatic carbocycles. The second-order valence-corrected chi connectivity index (χ2v) is 6.56. The zero-order chi connectivity index (χ0) is 16.6. The van der Waals surface area contributed by atoms with Gasteiger partial charge in [0.15, 0.2) is 5.96 Å². The van der Waals surface area contributed by atoms with Crippen LogP contribution in [0.2, 0.25) is 0 Å². The molecule has 0 atom stereocenters. The highest BCUT2D eigenvalue weighted by Gasteiger charge is 2.22. The van der Waals surface area contributed by atoms with Gasteiger partial charge in [0.05, 0.1) is 19.3 Å². The van der Waals surface area contributed by atoms with E-state index < -0.39 is 0 Å². The first-order chi connectivity index (χ1) is 11.8. The number of nitrogens with zero attached hydrogens (tertiary/aromatic N) is 1. The Balaban J connectivity index is 0.00000225. The van der Waals surface area contributed by atoms with Crippen molar-refractivity contribution in [2.75, 3.05) is 19.8 Å². The fourth-order valence-corrected chi connectivity index (χ4v) is 2.79. The third-order valence-corrected chi connectivity index (χ3v) is 4.33. The highest BCUT2D eigenvalue weighted by Crippen LogP contribution is 2.18. The Bertz CT molecular complexity index is 543.